The topological polar surface area (TPSA) is 36.1 Å². The lowest BCUT2D eigenvalue weighted by molar-refractivity contribution is 0.0767. The minimum Gasteiger partial charge on any atom is -0.361 e. The molecule has 3 nitrogen and oxygen atoms in total. The van der Waals surface area contributed by atoms with Crippen molar-refractivity contribution in [2.45, 2.75) is 6.42 Å². The minimum absolute atomic E-state index is 0.257. The molecule has 0 aliphatic carbocycles. The van der Waals surface area contributed by atoms with E-state index >= 15 is 0 Å². The number of carbonyl (C=O) groups excluding carboxylic acids is 1. The van der Waals surface area contributed by atoms with Crippen LogP contribution in [0.25, 0.3) is 16.5 Å². The van der Waals surface area contributed by atoms with Crippen LogP contribution in [0, 0.1) is 17.5 Å². The van der Waals surface area contributed by atoms with Gasteiger partial charge in [-0.2, -0.15) is 0 Å². The Morgan fingerprint density at radius 1 is 1.11 bits per heavy atom. The molecule has 3 aromatic rings. The maximum Gasteiger partial charge on any atom is 0.257 e. The molecule has 0 saturated heterocycles. The lowest BCUT2D eigenvalue weighted by Crippen LogP contribution is -2.35. The maximum absolute atomic E-state index is 13.9. The van der Waals surface area contributed by atoms with Gasteiger partial charge in [-0.3, -0.25) is 4.79 Å². The molecule has 4 rings (SSSR count). The first-order valence-electron chi connectivity index (χ1n) is 8.34. The van der Waals surface area contributed by atoms with Crippen LogP contribution < -0.4 is 0 Å². The van der Waals surface area contributed by atoms with Gasteiger partial charge in [0.2, 0.25) is 0 Å². The van der Waals surface area contributed by atoms with Crippen LogP contribution in [-0.2, 0) is 0 Å². The molecule has 0 bridgehead atoms. The number of aromatic nitrogens is 1. The summed E-state index contributed by atoms with van der Waals surface area (Å²) in [5.74, 6) is -5.06. The molecule has 0 fully saturated rings. The number of hydrogen-bond donors (Lipinski definition) is 1. The zero-order valence-electron chi connectivity index (χ0n) is 14.0. The summed E-state index contributed by atoms with van der Waals surface area (Å²) in [6.45, 7) is 0.607. The fourth-order valence-electron chi connectivity index (χ4n) is 3.32. The van der Waals surface area contributed by atoms with Crippen molar-refractivity contribution in [1.82, 2.24) is 9.88 Å². The highest BCUT2D eigenvalue weighted by Gasteiger charge is 2.25. The summed E-state index contributed by atoms with van der Waals surface area (Å²) in [4.78, 5) is 17.1. The summed E-state index contributed by atoms with van der Waals surface area (Å²) in [6, 6.07) is 7.31. The van der Waals surface area contributed by atoms with Gasteiger partial charge in [-0.25, -0.2) is 13.2 Å². The predicted octanol–water partition coefficient (Wildman–Crippen LogP) is 5.17. The number of benzene rings is 2. The SMILES string of the molecule is O=C(c1ccc(F)c(F)c1F)N1CC=C(c2c[nH]c3cc(Cl)ccc23)CC1. The Bertz CT molecular complexity index is 1090. The van der Waals surface area contributed by atoms with E-state index in [0.717, 1.165) is 34.2 Å². The molecule has 1 amide bonds. The molecular weight excluding hydrogens is 377 g/mol. The molecule has 1 N–H and O–H groups in total. The smallest absolute Gasteiger partial charge is 0.257 e. The van der Waals surface area contributed by atoms with Crippen LogP contribution in [0.15, 0.2) is 42.6 Å². The van der Waals surface area contributed by atoms with E-state index in [1.165, 1.54) is 4.90 Å². The van der Waals surface area contributed by atoms with Crippen LogP contribution in [0.1, 0.15) is 22.3 Å². The third-order valence-electron chi connectivity index (χ3n) is 4.75. The average Bonchev–Trinajstić information content (AvgIpc) is 3.09. The van der Waals surface area contributed by atoms with E-state index in [-0.39, 0.29) is 6.54 Å². The fourth-order valence-corrected chi connectivity index (χ4v) is 3.50. The van der Waals surface area contributed by atoms with Crippen LogP contribution in [0.2, 0.25) is 5.02 Å². The zero-order chi connectivity index (χ0) is 19.1. The van der Waals surface area contributed by atoms with E-state index in [4.69, 9.17) is 11.6 Å². The summed E-state index contributed by atoms with van der Waals surface area (Å²) in [5.41, 5.74) is 2.53. The Hall–Kier alpha value is -2.73. The average molecular weight is 391 g/mol. The molecule has 0 saturated carbocycles. The first kappa shape index (κ1) is 17.7. The Labute approximate surface area is 158 Å². The largest absolute Gasteiger partial charge is 0.361 e. The van der Waals surface area contributed by atoms with Crippen molar-refractivity contribution in [2.75, 3.05) is 13.1 Å². The van der Waals surface area contributed by atoms with E-state index in [0.29, 0.717) is 18.0 Å². The van der Waals surface area contributed by atoms with Gasteiger partial charge in [-0.1, -0.05) is 23.7 Å². The van der Waals surface area contributed by atoms with Crippen molar-refractivity contribution in [3.8, 4) is 0 Å². The number of amides is 1. The van der Waals surface area contributed by atoms with Gasteiger partial charge in [-0.15, -0.1) is 0 Å². The molecular formula is C20H14ClF3N2O. The van der Waals surface area contributed by atoms with Crippen molar-refractivity contribution in [3.63, 3.8) is 0 Å². The predicted molar refractivity (Wildman–Crippen MR) is 98.1 cm³/mol. The summed E-state index contributed by atoms with van der Waals surface area (Å²) in [6.07, 6.45) is 4.34. The van der Waals surface area contributed by atoms with Crippen LogP contribution in [0.4, 0.5) is 13.2 Å². The highest BCUT2D eigenvalue weighted by atomic mass is 35.5. The minimum atomic E-state index is -1.63. The molecule has 1 aliphatic heterocycles. The number of H-pyrrole nitrogens is 1. The molecule has 1 aromatic heterocycles. The van der Waals surface area contributed by atoms with Crippen molar-refractivity contribution in [2.24, 2.45) is 0 Å². The second kappa shape index (κ2) is 6.78. The van der Waals surface area contributed by atoms with E-state index in [2.05, 4.69) is 4.98 Å². The Balaban J connectivity index is 1.58. The molecule has 0 spiro atoms. The van der Waals surface area contributed by atoms with Crippen LogP contribution in [0.5, 0.6) is 0 Å². The summed E-state index contributed by atoms with van der Waals surface area (Å²) < 4.78 is 40.3. The Kier molecular flexibility index (Phi) is 4.44. The Morgan fingerprint density at radius 2 is 1.93 bits per heavy atom. The third-order valence-corrected chi connectivity index (χ3v) is 4.99. The third kappa shape index (κ3) is 3.10. The number of rotatable bonds is 2. The van der Waals surface area contributed by atoms with Gasteiger partial charge >= 0.3 is 0 Å². The highest BCUT2D eigenvalue weighted by Crippen LogP contribution is 2.31. The quantitative estimate of drug-likeness (QED) is 0.602. The summed E-state index contributed by atoms with van der Waals surface area (Å²) in [7, 11) is 0. The van der Waals surface area contributed by atoms with E-state index in [1.54, 1.807) is 0 Å². The van der Waals surface area contributed by atoms with Gasteiger partial charge in [0.25, 0.3) is 5.91 Å². The second-order valence-corrected chi connectivity index (χ2v) is 6.78. The lowest BCUT2D eigenvalue weighted by Gasteiger charge is -2.26. The van der Waals surface area contributed by atoms with Crippen molar-refractivity contribution in [1.29, 1.82) is 0 Å². The Morgan fingerprint density at radius 3 is 2.67 bits per heavy atom. The molecule has 2 aromatic carbocycles. The van der Waals surface area contributed by atoms with Crippen molar-refractivity contribution >= 4 is 34.0 Å². The molecule has 0 radical (unpaired) electrons. The van der Waals surface area contributed by atoms with E-state index < -0.39 is 28.9 Å². The normalized spacial score (nSPS) is 14.5. The van der Waals surface area contributed by atoms with Gasteiger partial charge in [0, 0.05) is 40.8 Å². The second-order valence-electron chi connectivity index (χ2n) is 6.35. The monoisotopic (exact) mass is 390 g/mol. The van der Waals surface area contributed by atoms with Gasteiger partial charge < -0.3 is 9.88 Å². The first-order chi connectivity index (χ1) is 13.0. The van der Waals surface area contributed by atoms with Crippen LogP contribution in [-0.4, -0.2) is 28.9 Å². The number of nitrogens with zero attached hydrogens (tertiary/aromatic N) is 1. The van der Waals surface area contributed by atoms with Crippen molar-refractivity contribution < 1.29 is 18.0 Å². The van der Waals surface area contributed by atoms with E-state index in [9.17, 15) is 18.0 Å². The molecule has 27 heavy (non-hydrogen) atoms. The molecule has 0 unspecified atom stereocenters. The standard InChI is InChI=1S/C20H14ClF3N2O/c21-12-1-2-13-15(10-25-17(13)9-12)11-5-7-26(8-6-11)20(27)14-3-4-16(22)19(24)18(14)23/h1-5,9-10,25H,6-8H2. The van der Waals surface area contributed by atoms with Crippen LogP contribution >= 0.6 is 11.6 Å². The first-order valence-corrected chi connectivity index (χ1v) is 8.72. The van der Waals surface area contributed by atoms with E-state index in [1.807, 2.05) is 30.5 Å². The summed E-state index contributed by atoms with van der Waals surface area (Å²) >= 11 is 6.00. The molecule has 1 aliphatic rings. The number of aromatic amines is 1. The number of halogens is 4. The van der Waals surface area contributed by atoms with Gasteiger partial charge in [0.1, 0.15) is 0 Å². The fraction of sp³-hybridized carbons (Fsp3) is 0.150. The maximum atomic E-state index is 13.9. The number of nitrogens with one attached hydrogen (secondary N) is 1. The highest BCUT2D eigenvalue weighted by molar-refractivity contribution is 6.31. The zero-order valence-corrected chi connectivity index (χ0v) is 14.8. The molecule has 0 atom stereocenters. The molecule has 138 valence electrons. The molecule has 2 heterocycles. The number of fused-ring (bicyclic) bond motifs is 1. The number of carbonyl (C=O) groups is 1. The van der Waals surface area contributed by atoms with Crippen LogP contribution in [0.3, 0.4) is 0 Å². The lowest BCUT2D eigenvalue weighted by atomic mass is 9.98. The van der Waals surface area contributed by atoms with Crippen molar-refractivity contribution in [3.05, 3.63) is 76.2 Å². The number of hydrogen-bond acceptors (Lipinski definition) is 1. The molecule has 7 heteroatoms. The van der Waals surface area contributed by atoms with Gasteiger partial charge in [0.05, 0.1) is 5.56 Å². The summed E-state index contributed by atoms with van der Waals surface area (Å²) in [5, 5.41) is 1.66. The van der Waals surface area contributed by atoms with Gasteiger partial charge in [0.15, 0.2) is 17.5 Å². The van der Waals surface area contributed by atoms with Gasteiger partial charge in [-0.05, 0) is 36.3 Å².